The largest absolute Gasteiger partial charge is 0.416 e. The molecule has 1 unspecified atom stereocenters. The van der Waals surface area contributed by atoms with Crippen LogP contribution in [-0.4, -0.2) is 4.83 Å². The Morgan fingerprint density at radius 2 is 1.93 bits per heavy atom. The summed E-state index contributed by atoms with van der Waals surface area (Å²) in [4.78, 5) is 0.0312. The second kappa shape index (κ2) is 4.51. The Morgan fingerprint density at radius 1 is 1.33 bits per heavy atom. The Hall–Kier alpha value is -0.580. The van der Waals surface area contributed by atoms with E-state index in [0.717, 1.165) is 6.07 Å². The van der Waals surface area contributed by atoms with E-state index < -0.39 is 17.6 Å². The van der Waals surface area contributed by atoms with Crippen LogP contribution in [0.1, 0.15) is 18.1 Å². The van der Waals surface area contributed by atoms with Crippen molar-refractivity contribution in [3.63, 3.8) is 0 Å². The SMILES string of the molecule is CC(Br)Cc1ccc(C(F)(F)F)cc1F. The van der Waals surface area contributed by atoms with E-state index in [0.29, 0.717) is 12.5 Å². The molecule has 0 heterocycles. The quantitative estimate of drug-likeness (QED) is 0.565. The Balaban J connectivity index is 2.98. The van der Waals surface area contributed by atoms with Gasteiger partial charge in [-0.15, -0.1) is 0 Å². The van der Waals surface area contributed by atoms with Gasteiger partial charge in [0.2, 0.25) is 0 Å². The number of rotatable bonds is 2. The van der Waals surface area contributed by atoms with Crippen molar-refractivity contribution in [3.05, 3.63) is 35.1 Å². The highest BCUT2D eigenvalue weighted by molar-refractivity contribution is 9.09. The Morgan fingerprint density at radius 3 is 2.33 bits per heavy atom. The minimum absolute atomic E-state index is 0.0312. The molecule has 0 aliphatic heterocycles. The van der Waals surface area contributed by atoms with Crippen molar-refractivity contribution in [2.45, 2.75) is 24.3 Å². The molecule has 0 saturated heterocycles. The predicted molar refractivity (Wildman–Crippen MR) is 53.5 cm³/mol. The molecular formula is C10H9BrF4. The minimum atomic E-state index is -4.49. The zero-order chi connectivity index (χ0) is 11.6. The molecule has 0 N–H and O–H groups in total. The number of alkyl halides is 4. The fraction of sp³-hybridized carbons (Fsp3) is 0.400. The second-order valence-corrected chi connectivity index (χ2v) is 4.85. The molecule has 0 fully saturated rings. The summed E-state index contributed by atoms with van der Waals surface area (Å²) >= 11 is 3.21. The number of halogens is 5. The highest BCUT2D eigenvalue weighted by atomic mass is 79.9. The van der Waals surface area contributed by atoms with Gasteiger partial charge >= 0.3 is 6.18 Å². The monoisotopic (exact) mass is 284 g/mol. The van der Waals surface area contributed by atoms with E-state index in [2.05, 4.69) is 15.9 Å². The van der Waals surface area contributed by atoms with Gasteiger partial charge in [-0.2, -0.15) is 13.2 Å². The van der Waals surface area contributed by atoms with Crippen LogP contribution in [0.5, 0.6) is 0 Å². The standard InChI is InChI=1S/C10H9BrF4/c1-6(11)4-7-2-3-8(5-9(7)12)10(13,14)15/h2-3,5-6H,4H2,1H3. The molecule has 1 rings (SSSR count). The first kappa shape index (κ1) is 12.5. The summed E-state index contributed by atoms with van der Waals surface area (Å²) in [5.41, 5.74) is -0.668. The van der Waals surface area contributed by atoms with Crippen LogP contribution in [0, 0.1) is 5.82 Å². The van der Waals surface area contributed by atoms with E-state index in [4.69, 9.17) is 0 Å². The summed E-state index contributed by atoms with van der Waals surface area (Å²) in [6.07, 6.45) is -4.12. The summed E-state index contributed by atoms with van der Waals surface area (Å²) in [6, 6.07) is 2.61. The summed E-state index contributed by atoms with van der Waals surface area (Å²) in [5.74, 6) is -0.809. The van der Waals surface area contributed by atoms with Crippen molar-refractivity contribution in [2.24, 2.45) is 0 Å². The predicted octanol–water partition coefficient (Wildman–Crippen LogP) is 4.17. The van der Waals surface area contributed by atoms with Crippen molar-refractivity contribution < 1.29 is 17.6 Å². The van der Waals surface area contributed by atoms with Crippen LogP contribution < -0.4 is 0 Å². The van der Waals surface area contributed by atoms with Crippen LogP contribution in [0.25, 0.3) is 0 Å². The molecular weight excluding hydrogens is 276 g/mol. The lowest BCUT2D eigenvalue weighted by molar-refractivity contribution is -0.137. The van der Waals surface area contributed by atoms with Crippen LogP contribution in [0.2, 0.25) is 0 Å². The van der Waals surface area contributed by atoms with Gasteiger partial charge < -0.3 is 0 Å². The van der Waals surface area contributed by atoms with Gasteiger partial charge in [0, 0.05) is 4.83 Å². The maximum absolute atomic E-state index is 13.2. The maximum atomic E-state index is 13.2. The van der Waals surface area contributed by atoms with E-state index in [1.165, 1.54) is 6.07 Å². The first-order valence-electron chi connectivity index (χ1n) is 4.30. The van der Waals surface area contributed by atoms with Crippen molar-refractivity contribution in [1.82, 2.24) is 0 Å². The lowest BCUT2D eigenvalue weighted by Gasteiger charge is -2.09. The average Bonchev–Trinajstić information content (AvgIpc) is 2.05. The fourth-order valence-electron chi connectivity index (χ4n) is 1.19. The summed E-state index contributed by atoms with van der Waals surface area (Å²) in [7, 11) is 0. The molecule has 0 saturated carbocycles. The molecule has 0 amide bonds. The zero-order valence-electron chi connectivity index (χ0n) is 7.91. The average molecular weight is 285 g/mol. The first-order chi connectivity index (χ1) is 6.80. The summed E-state index contributed by atoms with van der Waals surface area (Å²) in [6.45, 7) is 1.80. The highest BCUT2D eigenvalue weighted by Gasteiger charge is 2.31. The van der Waals surface area contributed by atoms with E-state index in [-0.39, 0.29) is 10.4 Å². The number of hydrogen-bond acceptors (Lipinski definition) is 0. The van der Waals surface area contributed by atoms with Gasteiger partial charge in [0.15, 0.2) is 0 Å². The number of benzene rings is 1. The van der Waals surface area contributed by atoms with Crippen LogP contribution >= 0.6 is 15.9 Å². The molecule has 1 atom stereocenters. The van der Waals surface area contributed by atoms with Crippen LogP contribution in [0.15, 0.2) is 18.2 Å². The Kier molecular flexibility index (Phi) is 3.76. The van der Waals surface area contributed by atoms with Gasteiger partial charge in [0.05, 0.1) is 5.56 Å². The maximum Gasteiger partial charge on any atom is 0.416 e. The van der Waals surface area contributed by atoms with Crippen molar-refractivity contribution in [1.29, 1.82) is 0 Å². The summed E-state index contributed by atoms with van der Waals surface area (Å²) < 4.78 is 49.8. The lowest BCUT2D eigenvalue weighted by atomic mass is 10.1. The van der Waals surface area contributed by atoms with Gasteiger partial charge in [-0.25, -0.2) is 4.39 Å². The van der Waals surface area contributed by atoms with Crippen LogP contribution in [0.3, 0.4) is 0 Å². The van der Waals surface area contributed by atoms with Gasteiger partial charge in [-0.05, 0) is 24.1 Å². The van der Waals surface area contributed by atoms with Crippen molar-refractivity contribution in [3.8, 4) is 0 Å². The first-order valence-corrected chi connectivity index (χ1v) is 5.22. The third kappa shape index (κ3) is 3.48. The van der Waals surface area contributed by atoms with Gasteiger partial charge in [-0.3, -0.25) is 0 Å². The lowest BCUT2D eigenvalue weighted by Crippen LogP contribution is -2.07. The normalized spacial score (nSPS) is 14.0. The molecule has 0 spiro atoms. The fourth-order valence-corrected chi connectivity index (χ4v) is 1.54. The van der Waals surface area contributed by atoms with Gasteiger partial charge in [0.1, 0.15) is 5.82 Å². The van der Waals surface area contributed by atoms with Crippen molar-refractivity contribution in [2.75, 3.05) is 0 Å². The van der Waals surface area contributed by atoms with Gasteiger partial charge in [0.25, 0.3) is 0 Å². The summed E-state index contributed by atoms with van der Waals surface area (Å²) in [5, 5.41) is 0. The molecule has 0 radical (unpaired) electrons. The molecule has 0 aromatic heterocycles. The van der Waals surface area contributed by atoms with E-state index in [9.17, 15) is 17.6 Å². The second-order valence-electron chi connectivity index (χ2n) is 3.29. The third-order valence-electron chi connectivity index (χ3n) is 1.88. The zero-order valence-corrected chi connectivity index (χ0v) is 9.49. The van der Waals surface area contributed by atoms with E-state index >= 15 is 0 Å². The van der Waals surface area contributed by atoms with E-state index in [1.54, 1.807) is 6.92 Å². The highest BCUT2D eigenvalue weighted by Crippen LogP contribution is 2.30. The molecule has 0 aliphatic rings. The molecule has 0 nitrogen and oxygen atoms in total. The molecule has 0 aliphatic carbocycles. The van der Waals surface area contributed by atoms with E-state index in [1.807, 2.05) is 0 Å². The third-order valence-corrected chi connectivity index (χ3v) is 2.21. The molecule has 84 valence electrons. The topological polar surface area (TPSA) is 0 Å². The Labute approximate surface area is 93.4 Å². The van der Waals surface area contributed by atoms with Crippen molar-refractivity contribution >= 4 is 15.9 Å². The molecule has 5 heteroatoms. The minimum Gasteiger partial charge on any atom is -0.207 e. The molecule has 1 aromatic rings. The van der Waals surface area contributed by atoms with Gasteiger partial charge in [-0.1, -0.05) is 28.9 Å². The van der Waals surface area contributed by atoms with Crippen LogP contribution in [0.4, 0.5) is 17.6 Å². The number of hydrogen-bond donors (Lipinski definition) is 0. The smallest absolute Gasteiger partial charge is 0.207 e. The van der Waals surface area contributed by atoms with Crippen LogP contribution in [-0.2, 0) is 12.6 Å². The molecule has 15 heavy (non-hydrogen) atoms. The molecule has 1 aromatic carbocycles. The Bertz CT molecular complexity index is 344. The molecule has 0 bridgehead atoms.